The third kappa shape index (κ3) is 2.72. The van der Waals surface area contributed by atoms with Crippen LogP contribution in [0.5, 0.6) is 0 Å². The Morgan fingerprint density at radius 2 is 2.33 bits per heavy atom. The van der Waals surface area contributed by atoms with Crippen LogP contribution in [-0.4, -0.2) is 27.3 Å². The highest BCUT2D eigenvalue weighted by molar-refractivity contribution is 9.10. The number of nitrogens with zero attached hydrogens (tertiary/aromatic N) is 3. The van der Waals surface area contributed by atoms with Crippen molar-refractivity contribution in [1.29, 1.82) is 0 Å². The van der Waals surface area contributed by atoms with Crippen molar-refractivity contribution in [3.63, 3.8) is 0 Å². The van der Waals surface area contributed by atoms with Gasteiger partial charge in [0, 0.05) is 17.4 Å². The first-order valence-corrected chi connectivity index (χ1v) is 7.84. The molecule has 1 unspecified atom stereocenters. The standard InChI is InChI=1S/C15H16BrN3O2/c1-2-21-15(20)13(10-5-3-6-11(16)9-10)14-18-17-12-7-4-8-19(12)14/h3,5-6,9,13H,2,4,7-8H2,1H3. The van der Waals surface area contributed by atoms with E-state index in [0.29, 0.717) is 12.4 Å². The van der Waals surface area contributed by atoms with E-state index in [1.807, 2.05) is 35.8 Å². The van der Waals surface area contributed by atoms with Crippen LogP contribution in [0.15, 0.2) is 28.7 Å². The van der Waals surface area contributed by atoms with Crippen molar-refractivity contribution in [2.75, 3.05) is 6.61 Å². The van der Waals surface area contributed by atoms with Crippen molar-refractivity contribution in [1.82, 2.24) is 14.8 Å². The lowest BCUT2D eigenvalue weighted by Gasteiger charge is -2.16. The SMILES string of the molecule is CCOC(=O)C(c1cccc(Br)c1)c1nnc2n1CCC2. The van der Waals surface area contributed by atoms with Gasteiger partial charge in [-0.05, 0) is 31.0 Å². The van der Waals surface area contributed by atoms with E-state index in [1.165, 1.54) is 0 Å². The average molecular weight is 350 g/mol. The first-order chi connectivity index (χ1) is 10.2. The molecule has 1 aliphatic heterocycles. The number of esters is 1. The predicted molar refractivity (Wildman–Crippen MR) is 81.0 cm³/mol. The zero-order valence-corrected chi connectivity index (χ0v) is 13.3. The second-order valence-electron chi connectivity index (χ2n) is 4.97. The highest BCUT2D eigenvalue weighted by Crippen LogP contribution is 2.29. The Balaban J connectivity index is 2.05. The number of fused-ring (bicyclic) bond motifs is 1. The van der Waals surface area contributed by atoms with Crippen molar-refractivity contribution >= 4 is 21.9 Å². The quantitative estimate of drug-likeness (QED) is 0.796. The molecular weight excluding hydrogens is 334 g/mol. The molecule has 0 saturated heterocycles. The first-order valence-electron chi connectivity index (χ1n) is 7.04. The van der Waals surface area contributed by atoms with Crippen LogP contribution in [0.3, 0.4) is 0 Å². The van der Waals surface area contributed by atoms with Gasteiger partial charge in [0.25, 0.3) is 0 Å². The highest BCUT2D eigenvalue weighted by Gasteiger charge is 2.32. The Kier molecular flexibility index (Phi) is 4.05. The normalized spacial score (nSPS) is 14.8. The fourth-order valence-corrected chi connectivity index (χ4v) is 3.11. The molecule has 21 heavy (non-hydrogen) atoms. The molecule has 0 fully saturated rings. The largest absolute Gasteiger partial charge is 0.465 e. The summed E-state index contributed by atoms with van der Waals surface area (Å²) in [5.74, 6) is 0.827. The zero-order chi connectivity index (χ0) is 14.8. The molecule has 5 nitrogen and oxygen atoms in total. The Labute approximate surface area is 131 Å². The Bertz CT molecular complexity index is 669. The predicted octanol–water partition coefficient (Wildman–Crippen LogP) is 2.68. The first kappa shape index (κ1) is 14.3. The summed E-state index contributed by atoms with van der Waals surface area (Å²) in [5.41, 5.74) is 0.866. The van der Waals surface area contributed by atoms with Gasteiger partial charge in [-0.2, -0.15) is 0 Å². The second-order valence-corrected chi connectivity index (χ2v) is 5.89. The minimum atomic E-state index is -0.526. The maximum atomic E-state index is 12.4. The van der Waals surface area contributed by atoms with Crippen LogP contribution in [0, 0.1) is 0 Å². The van der Waals surface area contributed by atoms with Gasteiger partial charge in [0.05, 0.1) is 6.61 Å². The molecule has 1 aliphatic rings. The highest BCUT2D eigenvalue weighted by atomic mass is 79.9. The number of rotatable bonds is 4. The number of carbonyl (C=O) groups is 1. The number of benzene rings is 1. The molecular formula is C15H16BrN3O2. The van der Waals surface area contributed by atoms with Crippen molar-refractivity contribution in [2.24, 2.45) is 0 Å². The van der Waals surface area contributed by atoms with E-state index < -0.39 is 5.92 Å². The number of ether oxygens (including phenoxy) is 1. The number of aryl methyl sites for hydroxylation is 1. The fourth-order valence-electron chi connectivity index (χ4n) is 2.69. The van der Waals surface area contributed by atoms with Gasteiger partial charge < -0.3 is 9.30 Å². The van der Waals surface area contributed by atoms with Crippen LogP contribution >= 0.6 is 15.9 Å². The Hall–Kier alpha value is -1.69. The zero-order valence-electron chi connectivity index (χ0n) is 11.8. The molecule has 6 heteroatoms. The van der Waals surface area contributed by atoms with Gasteiger partial charge in [-0.25, -0.2) is 0 Å². The summed E-state index contributed by atoms with van der Waals surface area (Å²) in [4.78, 5) is 12.4. The molecule has 0 bridgehead atoms. The number of hydrogen-bond acceptors (Lipinski definition) is 4. The summed E-state index contributed by atoms with van der Waals surface area (Å²) in [6.45, 7) is 3.02. The summed E-state index contributed by atoms with van der Waals surface area (Å²) in [6, 6.07) is 7.69. The smallest absolute Gasteiger partial charge is 0.321 e. The van der Waals surface area contributed by atoms with Crippen LogP contribution in [0.4, 0.5) is 0 Å². The topological polar surface area (TPSA) is 57.0 Å². The monoisotopic (exact) mass is 349 g/mol. The summed E-state index contributed by atoms with van der Waals surface area (Å²) >= 11 is 3.45. The third-order valence-electron chi connectivity index (χ3n) is 3.60. The van der Waals surface area contributed by atoms with Gasteiger partial charge in [0.15, 0.2) is 5.82 Å². The molecule has 3 rings (SSSR count). The molecule has 0 radical (unpaired) electrons. The van der Waals surface area contributed by atoms with Crippen LogP contribution in [0.2, 0.25) is 0 Å². The van der Waals surface area contributed by atoms with E-state index in [4.69, 9.17) is 4.74 Å². The molecule has 0 saturated carbocycles. The molecule has 1 aromatic heterocycles. The minimum absolute atomic E-state index is 0.280. The van der Waals surface area contributed by atoms with Crippen molar-refractivity contribution in [3.8, 4) is 0 Å². The molecule has 0 N–H and O–H groups in total. The van der Waals surface area contributed by atoms with Crippen molar-refractivity contribution < 1.29 is 9.53 Å². The van der Waals surface area contributed by atoms with Crippen molar-refractivity contribution in [2.45, 2.75) is 32.2 Å². The number of hydrogen-bond donors (Lipinski definition) is 0. The van der Waals surface area contributed by atoms with E-state index in [9.17, 15) is 4.79 Å². The van der Waals surface area contributed by atoms with E-state index in [-0.39, 0.29) is 5.97 Å². The van der Waals surface area contributed by atoms with E-state index >= 15 is 0 Å². The summed E-state index contributed by atoms with van der Waals surface area (Å²) in [7, 11) is 0. The Morgan fingerprint density at radius 1 is 1.48 bits per heavy atom. The van der Waals surface area contributed by atoms with Gasteiger partial charge in [-0.1, -0.05) is 28.1 Å². The summed E-state index contributed by atoms with van der Waals surface area (Å²) < 4.78 is 8.22. The second kappa shape index (κ2) is 5.97. The molecule has 2 aromatic rings. The Morgan fingerprint density at radius 3 is 3.10 bits per heavy atom. The van der Waals surface area contributed by atoms with Gasteiger partial charge in [-0.15, -0.1) is 10.2 Å². The van der Waals surface area contributed by atoms with Crippen LogP contribution in [0.25, 0.3) is 0 Å². The number of aromatic nitrogens is 3. The molecule has 1 atom stereocenters. The lowest BCUT2D eigenvalue weighted by Crippen LogP contribution is -2.21. The maximum Gasteiger partial charge on any atom is 0.321 e. The van der Waals surface area contributed by atoms with E-state index in [1.54, 1.807) is 0 Å². The van der Waals surface area contributed by atoms with Crippen molar-refractivity contribution in [3.05, 3.63) is 46.0 Å². The summed E-state index contributed by atoms with van der Waals surface area (Å²) in [5, 5.41) is 8.45. The maximum absolute atomic E-state index is 12.4. The summed E-state index contributed by atoms with van der Waals surface area (Å²) in [6.07, 6.45) is 1.97. The fraction of sp³-hybridized carbons (Fsp3) is 0.400. The minimum Gasteiger partial charge on any atom is -0.465 e. The van der Waals surface area contributed by atoms with Gasteiger partial charge in [0.1, 0.15) is 11.7 Å². The van der Waals surface area contributed by atoms with Gasteiger partial charge in [0.2, 0.25) is 0 Å². The molecule has 0 amide bonds. The van der Waals surface area contributed by atoms with E-state index in [2.05, 4.69) is 26.1 Å². The molecule has 0 spiro atoms. The number of halogens is 1. The van der Waals surface area contributed by atoms with E-state index in [0.717, 1.165) is 35.2 Å². The molecule has 1 aromatic carbocycles. The lowest BCUT2D eigenvalue weighted by molar-refractivity contribution is -0.144. The number of carbonyl (C=O) groups excluding carboxylic acids is 1. The van der Waals surface area contributed by atoms with Crippen LogP contribution in [-0.2, 0) is 22.5 Å². The van der Waals surface area contributed by atoms with Crippen LogP contribution < -0.4 is 0 Å². The lowest BCUT2D eigenvalue weighted by atomic mass is 9.98. The molecule has 0 aliphatic carbocycles. The van der Waals surface area contributed by atoms with Crippen LogP contribution in [0.1, 0.15) is 36.5 Å². The molecule has 110 valence electrons. The van der Waals surface area contributed by atoms with Gasteiger partial charge >= 0.3 is 5.97 Å². The third-order valence-corrected chi connectivity index (χ3v) is 4.09. The van der Waals surface area contributed by atoms with Gasteiger partial charge in [-0.3, -0.25) is 4.79 Å². The average Bonchev–Trinajstić information content (AvgIpc) is 3.04. The molecule has 2 heterocycles.